The van der Waals surface area contributed by atoms with Crippen molar-refractivity contribution in [1.29, 1.82) is 0 Å². The molecule has 0 radical (unpaired) electrons. The van der Waals surface area contributed by atoms with Gasteiger partial charge in [0, 0.05) is 6.07 Å². The number of hydrogen-bond donors (Lipinski definition) is 0. The number of hydrogen-bond acceptors (Lipinski definition) is 6. The molecule has 0 aliphatic rings. The number of benzene rings is 2. The molecule has 0 unspecified atom stereocenters. The maximum absolute atomic E-state index is 13.5. The summed E-state index contributed by atoms with van der Waals surface area (Å²) >= 11 is 0. The first kappa shape index (κ1) is 23.8. The lowest BCUT2D eigenvalue weighted by atomic mass is 10.2. The van der Waals surface area contributed by atoms with Gasteiger partial charge in [-0.3, -0.25) is 4.79 Å². The zero-order chi connectivity index (χ0) is 26.1. The van der Waals surface area contributed by atoms with E-state index in [1.807, 2.05) is 6.07 Å². The van der Waals surface area contributed by atoms with Crippen molar-refractivity contribution in [3.63, 3.8) is 0 Å². The van der Waals surface area contributed by atoms with Crippen LogP contribution in [0.1, 0.15) is 0 Å². The molecule has 0 aliphatic carbocycles. The number of rotatable bonds is 7. The standard InChI is InChI=1S/C24H16F4N6O3/c1-36-20-13-33(30-21(22(20)35)18-9-10-29-34(18)14-5-3-2-4-6-14)17-8-7-15(11-19(17)37-24(27)28)32-12-16(25)23(26)31-32/h2-13,24H,1H3. The van der Waals surface area contributed by atoms with Crippen molar-refractivity contribution in [2.24, 2.45) is 0 Å². The third-order valence-electron chi connectivity index (χ3n) is 5.29. The van der Waals surface area contributed by atoms with Gasteiger partial charge < -0.3 is 9.47 Å². The maximum Gasteiger partial charge on any atom is 0.387 e. The van der Waals surface area contributed by atoms with E-state index < -0.39 is 29.6 Å². The van der Waals surface area contributed by atoms with Crippen LogP contribution < -0.4 is 14.9 Å². The molecular weight excluding hydrogens is 496 g/mol. The number of alkyl halides is 2. The Labute approximate surface area is 205 Å². The van der Waals surface area contributed by atoms with Gasteiger partial charge in [-0.25, -0.2) is 18.4 Å². The molecule has 9 nitrogen and oxygen atoms in total. The van der Waals surface area contributed by atoms with Gasteiger partial charge in [-0.05, 0) is 30.3 Å². The topological polar surface area (TPSA) is 89.0 Å². The minimum Gasteiger partial charge on any atom is -0.491 e. The van der Waals surface area contributed by atoms with Crippen molar-refractivity contribution in [3.05, 3.63) is 95.2 Å². The van der Waals surface area contributed by atoms with E-state index in [0.717, 1.165) is 21.6 Å². The fourth-order valence-corrected chi connectivity index (χ4v) is 3.65. The van der Waals surface area contributed by atoms with Crippen LogP contribution in [0.2, 0.25) is 0 Å². The average Bonchev–Trinajstić information content (AvgIpc) is 3.51. The van der Waals surface area contributed by atoms with E-state index in [1.54, 1.807) is 30.3 Å². The van der Waals surface area contributed by atoms with E-state index in [-0.39, 0.29) is 22.8 Å². The Morgan fingerprint density at radius 1 is 0.892 bits per heavy atom. The largest absolute Gasteiger partial charge is 0.491 e. The van der Waals surface area contributed by atoms with Crippen LogP contribution in [0, 0.1) is 11.8 Å². The van der Waals surface area contributed by atoms with Crippen molar-refractivity contribution >= 4 is 0 Å². The molecule has 0 saturated heterocycles. The van der Waals surface area contributed by atoms with Crippen molar-refractivity contribution < 1.29 is 27.0 Å². The molecule has 0 aliphatic heterocycles. The van der Waals surface area contributed by atoms with Crippen LogP contribution in [0.15, 0.2) is 78.0 Å². The molecule has 5 aromatic rings. The molecule has 0 amide bonds. The second-order valence-electron chi connectivity index (χ2n) is 7.53. The Morgan fingerprint density at radius 3 is 2.35 bits per heavy atom. The van der Waals surface area contributed by atoms with Crippen LogP contribution in [0.3, 0.4) is 0 Å². The normalized spacial score (nSPS) is 11.2. The summed E-state index contributed by atoms with van der Waals surface area (Å²) in [5.74, 6) is -3.10. The fraction of sp³-hybridized carbons (Fsp3) is 0.0833. The van der Waals surface area contributed by atoms with Gasteiger partial charge in [-0.2, -0.15) is 23.4 Å². The molecule has 2 aromatic carbocycles. The molecule has 0 saturated carbocycles. The molecule has 188 valence electrons. The maximum atomic E-state index is 13.5. The summed E-state index contributed by atoms with van der Waals surface area (Å²) in [4.78, 5) is 13.1. The van der Waals surface area contributed by atoms with Crippen molar-refractivity contribution in [2.75, 3.05) is 7.11 Å². The highest BCUT2D eigenvalue weighted by atomic mass is 19.3. The lowest BCUT2D eigenvalue weighted by Gasteiger charge is -2.16. The minimum atomic E-state index is -3.24. The first-order valence-corrected chi connectivity index (χ1v) is 10.6. The Morgan fingerprint density at radius 2 is 1.68 bits per heavy atom. The molecule has 37 heavy (non-hydrogen) atoms. The second-order valence-corrected chi connectivity index (χ2v) is 7.53. The molecule has 0 atom stereocenters. The summed E-state index contributed by atoms with van der Waals surface area (Å²) in [5.41, 5.74) is 0.359. The van der Waals surface area contributed by atoms with Gasteiger partial charge in [0.2, 0.25) is 0 Å². The number of nitrogens with zero attached hydrogens (tertiary/aromatic N) is 6. The van der Waals surface area contributed by atoms with E-state index in [1.165, 1.54) is 36.3 Å². The lowest BCUT2D eigenvalue weighted by molar-refractivity contribution is -0.0499. The smallest absolute Gasteiger partial charge is 0.387 e. The highest BCUT2D eigenvalue weighted by Gasteiger charge is 2.21. The molecule has 13 heteroatoms. The van der Waals surface area contributed by atoms with Gasteiger partial charge in [0.15, 0.2) is 23.0 Å². The average molecular weight is 512 g/mol. The third kappa shape index (κ3) is 4.53. The predicted molar refractivity (Wildman–Crippen MR) is 123 cm³/mol. The van der Waals surface area contributed by atoms with Crippen LogP contribution in [0.5, 0.6) is 11.5 Å². The number of para-hydroxylation sites is 1. The molecule has 3 heterocycles. The zero-order valence-corrected chi connectivity index (χ0v) is 18.9. The monoisotopic (exact) mass is 512 g/mol. The Hall–Kier alpha value is -4.94. The van der Waals surface area contributed by atoms with Gasteiger partial charge >= 0.3 is 6.61 Å². The Balaban J connectivity index is 1.68. The summed E-state index contributed by atoms with van der Waals surface area (Å²) in [6.45, 7) is -3.24. The van der Waals surface area contributed by atoms with E-state index in [9.17, 15) is 22.4 Å². The van der Waals surface area contributed by atoms with Crippen LogP contribution in [0.4, 0.5) is 17.6 Å². The highest BCUT2D eigenvalue weighted by Crippen LogP contribution is 2.29. The third-order valence-corrected chi connectivity index (χ3v) is 5.29. The quantitative estimate of drug-likeness (QED) is 0.305. The molecule has 5 rings (SSSR count). The van der Waals surface area contributed by atoms with Gasteiger partial charge in [-0.1, -0.05) is 18.2 Å². The number of ether oxygens (including phenoxy) is 2. The highest BCUT2D eigenvalue weighted by molar-refractivity contribution is 5.60. The van der Waals surface area contributed by atoms with Gasteiger partial charge in [0.05, 0.1) is 42.8 Å². The Bertz CT molecular complexity index is 1610. The Kier molecular flexibility index (Phi) is 6.17. The first-order valence-electron chi connectivity index (χ1n) is 10.6. The van der Waals surface area contributed by atoms with Crippen LogP contribution in [-0.4, -0.2) is 43.1 Å². The minimum absolute atomic E-state index is 0.0116. The van der Waals surface area contributed by atoms with Crippen molar-refractivity contribution in [1.82, 2.24) is 29.3 Å². The van der Waals surface area contributed by atoms with E-state index in [2.05, 4.69) is 20.0 Å². The number of halogens is 4. The van der Waals surface area contributed by atoms with Crippen LogP contribution in [-0.2, 0) is 0 Å². The van der Waals surface area contributed by atoms with E-state index in [0.29, 0.717) is 11.4 Å². The van der Waals surface area contributed by atoms with E-state index >= 15 is 0 Å². The zero-order valence-electron chi connectivity index (χ0n) is 18.9. The SMILES string of the molecule is COc1cn(-c2ccc(-n3cc(F)c(F)n3)cc2OC(F)F)nc(-c2ccnn2-c2ccccc2)c1=O. The summed E-state index contributed by atoms with van der Waals surface area (Å²) in [6.07, 6.45) is 3.44. The van der Waals surface area contributed by atoms with Gasteiger partial charge in [0.1, 0.15) is 5.69 Å². The first-order chi connectivity index (χ1) is 17.9. The van der Waals surface area contributed by atoms with Gasteiger partial charge in [0.25, 0.3) is 11.4 Å². The van der Waals surface area contributed by atoms with Gasteiger partial charge in [-0.15, -0.1) is 5.10 Å². The second kappa shape index (κ2) is 9.60. The summed E-state index contributed by atoms with van der Waals surface area (Å²) in [7, 11) is 1.28. The lowest BCUT2D eigenvalue weighted by Crippen LogP contribution is -2.18. The predicted octanol–water partition coefficient (Wildman–Crippen LogP) is 4.16. The molecule has 0 N–H and O–H groups in total. The molecule has 0 spiro atoms. The van der Waals surface area contributed by atoms with Crippen molar-refractivity contribution in [2.45, 2.75) is 6.61 Å². The molecule has 0 fully saturated rings. The van der Waals surface area contributed by atoms with Crippen LogP contribution in [0.25, 0.3) is 28.5 Å². The number of methoxy groups -OCH3 is 1. The summed E-state index contributed by atoms with van der Waals surface area (Å²) in [5, 5.41) is 12.0. The molecular formula is C24H16F4N6O3. The van der Waals surface area contributed by atoms with E-state index in [4.69, 9.17) is 4.74 Å². The summed E-state index contributed by atoms with van der Waals surface area (Å²) < 4.78 is 66.8. The fourth-order valence-electron chi connectivity index (χ4n) is 3.65. The number of aromatic nitrogens is 6. The molecule has 3 aromatic heterocycles. The molecule has 0 bridgehead atoms. The van der Waals surface area contributed by atoms with Crippen molar-refractivity contribution in [3.8, 4) is 39.9 Å². The van der Waals surface area contributed by atoms with Crippen LogP contribution >= 0.6 is 0 Å². The summed E-state index contributed by atoms with van der Waals surface area (Å²) in [6, 6.07) is 14.3.